The Morgan fingerprint density at radius 2 is 2.36 bits per heavy atom. The molecule has 3 nitrogen and oxygen atoms in total. The molecule has 1 heterocycles. The Morgan fingerprint density at radius 1 is 1.50 bits per heavy atom. The molecule has 0 aliphatic carbocycles. The summed E-state index contributed by atoms with van der Waals surface area (Å²) >= 11 is 0. The minimum Gasteiger partial charge on any atom is -0.467 e. The molecule has 0 bridgehead atoms. The van der Waals surface area contributed by atoms with Crippen molar-refractivity contribution >= 4 is 0 Å². The van der Waals surface area contributed by atoms with Crippen molar-refractivity contribution in [2.75, 3.05) is 6.79 Å². The lowest BCUT2D eigenvalue weighted by Crippen LogP contribution is -2.13. The summed E-state index contributed by atoms with van der Waals surface area (Å²) in [5, 5.41) is 0. The van der Waals surface area contributed by atoms with Crippen LogP contribution in [0.1, 0.15) is 30.5 Å². The van der Waals surface area contributed by atoms with E-state index in [9.17, 15) is 0 Å². The molecule has 1 aliphatic rings. The minimum absolute atomic E-state index is 0.103. The molecule has 3 heteroatoms. The van der Waals surface area contributed by atoms with Crippen LogP contribution >= 0.6 is 0 Å². The largest absolute Gasteiger partial charge is 0.467 e. The minimum atomic E-state index is 0.103. The highest BCUT2D eigenvalue weighted by Crippen LogP contribution is 2.27. The standard InChI is InChI=1S/C11H15NO2/c1-2-10(12)8-3-4-9-6-13-7-14-11(9)5-8/h3-5,10H,2,6-7,12H2,1H3. The van der Waals surface area contributed by atoms with E-state index >= 15 is 0 Å². The van der Waals surface area contributed by atoms with Crippen molar-refractivity contribution in [3.05, 3.63) is 29.3 Å². The Bertz CT molecular complexity index is 325. The smallest absolute Gasteiger partial charge is 0.189 e. The van der Waals surface area contributed by atoms with Gasteiger partial charge in [-0.1, -0.05) is 19.1 Å². The molecular formula is C11H15NO2. The van der Waals surface area contributed by atoms with E-state index in [0.717, 1.165) is 23.3 Å². The van der Waals surface area contributed by atoms with E-state index in [1.807, 2.05) is 18.2 Å². The van der Waals surface area contributed by atoms with E-state index in [1.165, 1.54) is 0 Å². The summed E-state index contributed by atoms with van der Waals surface area (Å²) in [5.41, 5.74) is 8.17. The van der Waals surface area contributed by atoms with Gasteiger partial charge in [-0.2, -0.15) is 0 Å². The van der Waals surface area contributed by atoms with Crippen molar-refractivity contribution in [1.82, 2.24) is 0 Å². The van der Waals surface area contributed by atoms with Crippen LogP contribution in [0.15, 0.2) is 18.2 Å². The van der Waals surface area contributed by atoms with Gasteiger partial charge < -0.3 is 15.2 Å². The van der Waals surface area contributed by atoms with Crippen LogP contribution < -0.4 is 10.5 Å². The highest BCUT2D eigenvalue weighted by molar-refractivity contribution is 5.38. The van der Waals surface area contributed by atoms with Crippen LogP contribution in [-0.4, -0.2) is 6.79 Å². The Balaban J connectivity index is 2.29. The van der Waals surface area contributed by atoms with Crippen LogP contribution in [0.25, 0.3) is 0 Å². The lowest BCUT2D eigenvalue weighted by atomic mass is 10.0. The Labute approximate surface area is 83.8 Å². The summed E-state index contributed by atoms with van der Waals surface area (Å²) in [6.07, 6.45) is 0.940. The predicted molar refractivity (Wildman–Crippen MR) is 53.9 cm³/mol. The lowest BCUT2D eigenvalue weighted by molar-refractivity contribution is -0.0164. The van der Waals surface area contributed by atoms with Crippen molar-refractivity contribution in [1.29, 1.82) is 0 Å². The zero-order valence-electron chi connectivity index (χ0n) is 8.32. The van der Waals surface area contributed by atoms with Gasteiger partial charge in [0.05, 0.1) is 6.61 Å². The number of benzene rings is 1. The van der Waals surface area contributed by atoms with Crippen molar-refractivity contribution in [2.45, 2.75) is 26.0 Å². The zero-order valence-corrected chi connectivity index (χ0v) is 8.32. The first kappa shape index (κ1) is 9.49. The normalized spacial score (nSPS) is 17.0. The number of hydrogen-bond donors (Lipinski definition) is 1. The van der Waals surface area contributed by atoms with E-state index in [1.54, 1.807) is 0 Å². The summed E-state index contributed by atoms with van der Waals surface area (Å²) < 4.78 is 10.6. The summed E-state index contributed by atoms with van der Waals surface area (Å²) in [7, 11) is 0. The van der Waals surface area contributed by atoms with Gasteiger partial charge in [-0.05, 0) is 18.1 Å². The van der Waals surface area contributed by atoms with Crippen LogP contribution in [0.3, 0.4) is 0 Å². The van der Waals surface area contributed by atoms with E-state index < -0.39 is 0 Å². The maximum absolute atomic E-state index is 5.94. The Morgan fingerprint density at radius 3 is 3.14 bits per heavy atom. The van der Waals surface area contributed by atoms with Gasteiger partial charge >= 0.3 is 0 Å². The van der Waals surface area contributed by atoms with Crippen LogP contribution in [0.5, 0.6) is 5.75 Å². The first-order valence-corrected chi connectivity index (χ1v) is 4.90. The maximum Gasteiger partial charge on any atom is 0.189 e. The zero-order chi connectivity index (χ0) is 9.97. The van der Waals surface area contributed by atoms with Gasteiger partial charge in [0.2, 0.25) is 0 Å². The molecule has 2 N–H and O–H groups in total. The first-order chi connectivity index (χ1) is 6.81. The SMILES string of the molecule is CCC(N)c1ccc2c(c1)OCOC2. The molecule has 1 atom stereocenters. The van der Waals surface area contributed by atoms with Gasteiger partial charge in [-0.15, -0.1) is 0 Å². The van der Waals surface area contributed by atoms with Gasteiger partial charge in [0, 0.05) is 11.6 Å². The fraction of sp³-hybridized carbons (Fsp3) is 0.455. The molecule has 1 aromatic rings. The molecule has 1 aromatic carbocycles. The number of nitrogens with two attached hydrogens (primary N) is 1. The summed E-state index contributed by atoms with van der Waals surface area (Å²) in [6, 6.07) is 6.20. The highest BCUT2D eigenvalue weighted by atomic mass is 16.7. The van der Waals surface area contributed by atoms with Crippen LogP contribution in [-0.2, 0) is 11.3 Å². The molecule has 14 heavy (non-hydrogen) atoms. The van der Waals surface area contributed by atoms with E-state index in [-0.39, 0.29) is 6.04 Å². The van der Waals surface area contributed by atoms with Crippen LogP contribution in [0.2, 0.25) is 0 Å². The average molecular weight is 193 g/mol. The lowest BCUT2D eigenvalue weighted by Gasteiger charge is -2.19. The average Bonchev–Trinajstić information content (AvgIpc) is 2.27. The fourth-order valence-electron chi connectivity index (χ4n) is 1.55. The van der Waals surface area contributed by atoms with Gasteiger partial charge in [-0.3, -0.25) is 0 Å². The second-order valence-electron chi connectivity index (χ2n) is 3.49. The molecule has 0 fully saturated rings. The molecule has 0 saturated heterocycles. The van der Waals surface area contributed by atoms with E-state index in [2.05, 4.69) is 6.92 Å². The van der Waals surface area contributed by atoms with Gasteiger partial charge in [-0.25, -0.2) is 0 Å². The summed E-state index contributed by atoms with van der Waals surface area (Å²) in [6.45, 7) is 3.06. The Kier molecular flexibility index (Phi) is 2.70. The molecule has 0 spiro atoms. The maximum atomic E-state index is 5.94. The third-order valence-corrected chi connectivity index (χ3v) is 2.51. The highest BCUT2D eigenvalue weighted by Gasteiger charge is 2.12. The monoisotopic (exact) mass is 193 g/mol. The number of fused-ring (bicyclic) bond motifs is 1. The first-order valence-electron chi connectivity index (χ1n) is 4.90. The molecular weight excluding hydrogens is 178 g/mol. The van der Waals surface area contributed by atoms with Gasteiger partial charge in [0.1, 0.15) is 5.75 Å². The number of hydrogen-bond acceptors (Lipinski definition) is 3. The van der Waals surface area contributed by atoms with Gasteiger partial charge in [0.15, 0.2) is 6.79 Å². The van der Waals surface area contributed by atoms with Crippen molar-refractivity contribution < 1.29 is 9.47 Å². The summed E-state index contributed by atoms with van der Waals surface area (Å²) in [4.78, 5) is 0. The summed E-state index contributed by atoms with van der Waals surface area (Å²) in [5.74, 6) is 0.914. The van der Waals surface area contributed by atoms with Crippen molar-refractivity contribution in [3.63, 3.8) is 0 Å². The molecule has 0 amide bonds. The van der Waals surface area contributed by atoms with E-state index in [4.69, 9.17) is 15.2 Å². The molecule has 0 aromatic heterocycles. The van der Waals surface area contributed by atoms with Crippen LogP contribution in [0.4, 0.5) is 0 Å². The quantitative estimate of drug-likeness (QED) is 0.780. The van der Waals surface area contributed by atoms with Crippen molar-refractivity contribution in [3.8, 4) is 5.75 Å². The van der Waals surface area contributed by atoms with Gasteiger partial charge in [0.25, 0.3) is 0 Å². The van der Waals surface area contributed by atoms with Crippen molar-refractivity contribution in [2.24, 2.45) is 5.73 Å². The fourth-order valence-corrected chi connectivity index (χ4v) is 1.55. The second-order valence-corrected chi connectivity index (χ2v) is 3.49. The topological polar surface area (TPSA) is 44.5 Å². The number of rotatable bonds is 2. The Hall–Kier alpha value is -1.06. The third-order valence-electron chi connectivity index (χ3n) is 2.51. The number of ether oxygens (including phenoxy) is 2. The molecule has 0 saturated carbocycles. The molecule has 1 unspecified atom stereocenters. The molecule has 0 radical (unpaired) electrons. The molecule has 76 valence electrons. The molecule has 2 rings (SSSR count). The third kappa shape index (κ3) is 1.74. The molecule has 1 aliphatic heterocycles. The predicted octanol–water partition coefficient (Wildman–Crippen LogP) is 1.96. The second kappa shape index (κ2) is 3.98. The van der Waals surface area contributed by atoms with Crippen LogP contribution in [0, 0.1) is 0 Å². The van der Waals surface area contributed by atoms with E-state index in [0.29, 0.717) is 13.4 Å².